The van der Waals surface area contributed by atoms with Crippen molar-refractivity contribution in [2.24, 2.45) is 5.92 Å². The van der Waals surface area contributed by atoms with Crippen LogP contribution < -0.4 is 0 Å². The minimum Gasteiger partial charge on any atom is -0.491 e. The Morgan fingerprint density at radius 1 is 1.37 bits per heavy atom. The lowest BCUT2D eigenvalue weighted by Crippen LogP contribution is -2.50. The highest BCUT2D eigenvalue weighted by Crippen LogP contribution is 2.46. The van der Waals surface area contributed by atoms with Gasteiger partial charge in [-0.2, -0.15) is 0 Å². The molecule has 4 heteroatoms. The normalized spacial score (nSPS) is 43.9. The third-order valence-electron chi connectivity index (χ3n) is 3.87. The summed E-state index contributed by atoms with van der Waals surface area (Å²) in [7, 11) is 0. The number of carbonyl (C=O) groups is 1. The summed E-state index contributed by atoms with van der Waals surface area (Å²) >= 11 is 0. The number of aliphatic hydroxyl groups is 2. The van der Waals surface area contributed by atoms with Gasteiger partial charge in [0, 0.05) is 12.8 Å². The lowest BCUT2D eigenvalue weighted by molar-refractivity contribution is -0.142. The van der Waals surface area contributed by atoms with E-state index in [0.717, 1.165) is 5.57 Å². The first-order valence-electron chi connectivity index (χ1n) is 6.63. The van der Waals surface area contributed by atoms with Crippen molar-refractivity contribution in [2.45, 2.75) is 57.8 Å². The molecule has 2 N–H and O–H groups in total. The van der Waals surface area contributed by atoms with Crippen molar-refractivity contribution in [1.82, 2.24) is 0 Å². The minimum atomic E-state index is -1.29. The van der Waals surface area contributed by atoms with Crippen LogP contribution in [-0.4, -0.2) is 33.3 Å². The average Bonchev–Trinajstić information content (AvgIpc) is 2.44. The van der Waals surface area contributed by atoms with Crippen molar-refractivity contribution in [3.63, 3.8) is 0 Å². The summed E-state index contributed by atoms with van der Waals surface area (Å²) in [6, 6.07) is 0. The zero-order chi connectivity index (χ0) is 14.4. The van der Waals surface area contributed by atoms with Gasteiger partial charge in [0.1, 0.15) is 23.2 Å². The van der Waals surface area contributed by atoms with Crippen LogP contribution in [0.2, 0.25) is 0 Å². The number of Topliss-reactive ketones (excluding diaryl/α,β-unsaturated/α-hetero) is 1. The highest BCUT2D eigenvalue weighted by molar-refractivity contribution is 5.85. The molecule has 0 unspecified atom stereocenters. The van der Waals surface area contributed by atoms with Crippen molar-refractivity contribution in [3.8, 4) is 0 Å². The molecule has 2 rings (SSSR count). The molecule has 0 aromatic carbocycles. The number of allylic oxidation sites excluding steroid dienone is 3. The summed E-state index contributed by atoms with van der Waals surface area (Å²) in [4.78, 5) is 12.1. The van der Waals surface area contributed by atoms with Crippen LogP contribution in [0.25, 0.3) is 0 Å². The largest absolute Gasteiger partial charge is 0.491 e. The van der Waals surface area contributed by atoms with Gasteiger partial charge in [-0.15, -0.1) is 0 Å². The van der Waals surface area contributed by atoms with Crippen molar-refractivity contribution in [1.29, 1.82) is 0 Å². The lowest BCUT2D eigenvalue weighted by atomic mass is 9.71. The Balaban J connectivity index is 2.34. The molecule has 0 amide bonds. The van der Waals surface area contributed by atoms with Crippen LogP contribution in [0.1, 0.15) is 40.5 Å². The van der Waals surface area contributed by atoms with Gasteiger partial charge >= 0.3 is 0 Å². The van der Waals surface area contributed by atoms with E-state index >= 15 is 0 Å². The molecule has 2 fully saturated rings. The summed E-state index contributed by atoms with van der Waals surface area (Å²) < 4.78 is 5.72. The maximum atomic E-state index is 12.1. The molecule has 0 spiro atoms. The molecule has 1 aliphatic heterocycles. The number of ether oxygens (including phenoxy) is 1. The van der Waals surface area contributed by atoms with E-state index in [0.29, 0.717) is 12.2 Å². The third kappa shape index (κ3) is 2.60. The van der Waals surface area contributed by atoms with E-state index in [1.165, 1.54) is 0 Å². The molecule has 1 saturated carbocycles. The fraction of sp³-hybridized carbons (Fsp3) is 0.667. The Morgan fingerprint density at radius 3 is 2.58 bits per heavy atom. The molecule has 1 heterocycles. The maximum absolute atomic E-state index is 12.1. The van der Waals surface area contributed by atoms with Crippen LogP contribution in [0.15, 0.2) is 23.5 Å². The number of rotatable bonds is 1. The van der Waals surface area contributed by atoms with E-state index in [-0.39, 0.29) is 12.2 Å². The fourth-order valence-electron chi connectivity index (χ4n) is 2.99. The Morgan fingerprint density at radius 2 is 2.00 bits per heavy atom. The molecule has 4 atom stereocenters. The van der Waals surface area contributed by atoms with Gasteiger partial charge in [-0.1, -0.05) is 11.6 Å². The molecular weight excluding hydrogens is 244 g/mol. The molecule has 1 saturated heterocycles. The highest BCUT2D eigenvalue weighted by atomic mass is 16.5. The Kier molecular flexibility index (Phi) is 3.35. The summed E-state index contributed by atoms with van der Waals surface area (Å²) in [5, 5.41) is 20.6. The first kappa shape index (κ1) is 14.3. The summed E-state index contributed by atoms with van der Waals surface area (Å²) in [5.41, 5.74) is -1.25. The van der Waals surface area contributed by atoms with Gasteiger partial charge in [0.05, 0.1) is 11.5 Å². The second-order valence-electron chi connectivity index (χ2n) is 6.40. The average molecular weight is 266 g/mol. The summed E-state index contributed by atoms with van der Waals surface area (Å²) in [6.07, 6.45) is 3.57. The van der Waals surface area contributed by atoms with Crippen molar-refractivity contribution >= 4 is 5.78 Å². The summed E-state index contributed by atoms with van der Waals surface area (Å²) in [6.45, 7) is 7.14. The monoisotopic (exact) mass is 266 g/mol. The molecule has 19 heavy (non-hydrogen) atoms. The molecular formula is C15H22O4. The van der Waals surface area contributed by atoms with E-state index < -0.39 is 23.2 Å². The Bertz CT molecular complexity index is 453. The Hall–Kier alpha value is -1.13. The molecule has 1 aliphatic carbocycles. The van der Waals surface area contributed by atoms with E-state index in [2.05, 4.69) is 0 Å². The van der Waals surface area contributed by atoms with E-state index in [1.807, 2.05) is 19.9 Å². The first-order chi connectivity index (χ1) is 8.63. The standard InChI is InChI=1S/C15H22O4/c1-9(2)5-6-12-15(4,18)13-10(16)7-14(3,17)8-11(13)19-12/h5-6,11,13,17-18H,7-8H2,1-4H3/b12-6-/t11-,13+,14+,15-/m0/s1. The van der Waals surface area contributed by atoms with Crippen molar-refractivity contribution < 1.29 is 19.7 Å². The highest BCUT2D eigenvalue weighted by Gasteiger charge is 2.58. The number of hydrogen-bond donors (Lipinski definition) is 2. The molecule has 106 valence electrons. The lowest BCUT2D eigenvalue weighted by Gasteiger charge is -2.36. The van der Waals surface area contributed by atoms with E-state index in [1.54, 1.807) is 19.9 Å². The number of ketones is 1. The van der Waals surface area contributed by atoms with Gasteiger partial charge in [-0.05, 0) is 33.8 Å². The minimum absolute atomic E-state index is 0.0730. The van der Waals surface area contributed by atoms with E-state index in [9.17, 15) is 15.0 Å². The molecule has 4 nitrogen and oxygen atoms in total. The van der Waals surface area contributed by atoms with Crippen LogP contribution in [0.3, 0.4) is 0 Å². The zero-order valence-electron chi connectivity index (χ0n) is 11.9. The van der Waals surface area contributed by atoms with Crippen LogP contribution in [0.5, 0.6) is 0 Å². The van der Waals surface area contributed by atoms with Gasteiger partial charge in [-0.3, -0.25) is 4.79 Å². The summed E-state index contributed by atoms with van der Waals surface area (Å²) in [5.74, 6) is -0.300. The number of carbonyl (C=O) groups excluding carboxylic acids is 1. The second kappa shape index (κ2) is 4.46. The van der Waals surface area contributed by atoms with Crippen LogP contribution in [0, 0.1) is 5.92 Å². The molecule has 0 aromatic heterocycles. The smallest absolute Gasteiger partial charge is 0.145 e. The van der Waals surface area contributed by atoms with Crippen LogP contribution >= 0.6 is 0 Å². The third-order valence-corrected chi connectivity index (χ3v) is 3.87. The first-order valence-corrected chi connectivity index (χ1v) is 6.63. The quantitative estimate of drug-likeness (QED) is 0.758. The van der Waals surface area contributed by atoms with E-state index in [4.69, 9.17) is 4.74 Å². The molecule has 0 bridgehead atoms. The second-order valence-corrected chi connectivity index (χ2v) is 6.40. The number of hydrogen-bond acceptors (Lipinski definition) is 4. The Labute approximate surface area is 113 Å². The van der Waals surface area contributed by atoms with Crippen molar-refractivity contribution in [2.75, 3.05) is 0 Å². The molecule has 0 radical (unpaired) electrons. The van der Waals surface area contributed by atoms with Crippen molar-refractivity contribution in [3.05, 3.63) is 23.5 Å². The zero-order valence-corrected chi connectivity index (χ0v) is 11.9. The SMILES string of the molecule is CC(C)=C/C=C1\O[C@H]2C[C@](C)(O)CC(=O)[C@H]2[C@@]1(C)O. The van der Waals surface area contributed by atoms with Gasteiger partial charge in [0.2, 0.25) is 0 Å². The fourth-order valence-corrected chi connectivity index (χ4v) is 2.99. The van der Waals surface area contributed by atoms with Gasteiger partial charge < -0.3 is 14.9 Å². The maximum Gasteiger partial charge on any atom is 0.145 e. The predicted octanol–water partition coefficient (Wildman–Crippen LogP) is 1.72. The number of fused-ring (bicyclic) bond motifs is 1. The topological polar surface area (TPSA) is 66.8 Å². The molecule has 2 aliphatic rings. The van der Waals surface area contributed by atoms with Gasteiger partial charge in [-0.25, -0.2) is 0 Å². The van der Waals surface area contributed by atoms with Crippen LogP contribution in [-0.2, 0) is 9.53 Å². The predicted molar refractivity (Wildman–Crippen MR) is 71.4 cm³/mol. The van der Waals surface area contributed by atoms with Gasteiger partial charge in [0.15, 0.2) is 0 Å². The van der Waals surface area contributed by atoms with Gasteiger partial charge in [0.25, 0.3) is 0 Å². The van der Waals surface area contributed by atoms with Crippen LogP contribution in [0.4, 0.5) is 0 Å². The molecule has 0 aromatic rings.